The van der Waals surface area contributed by atoms with Crippen molar-refractivity contribution in [2.75, 3.05) is 5.75 Å². The molecule has 0 radical (unpaired) electrons. The molecule has 90 valence electrons. The van der Waals surface area contributed by atoms with E-state index in [2.05, 4.69) is 0 Å². The molecule has 0 heterocycles. The molecule has 0 aliphatic carbocycles. The molecule has 0 aliphatic rings. The number of aryl methyl sites for hydroxylation is 1. The largest absolute Gasteiger partial charge is 0.288 e. The molecule has 0 unspecified atom stereocenters. The Morgan fingerprint density at radius 3 is 2.82 bits per heavy atom. The van der Waals surface area contributed by atoms with Crippen LogP contribution in [0.25, 0.3) is 6.08 Å². The Labute approximate surface area is 104 Å². The second-order valence-corrected chi connectivity index (χ2v) is 4.67. The predicted octanol–water partition coefficient (Wildman–Crippen LogP) is 3.20. The fraction of sp³-hybridized carbons (Fsp3) is 0.250. The molecular formula is C12H13NO3S. The van der Waals surface area contributed by atoms with Gasteiger partial charge in [0.15, 0.2) is 5.12 Å². The molecule has 0 saturated heterocycles. The molecule has 0 bridgehead atoms. The third kappa shape index (κ3) is 4.03. The van der Waals surface area contributed by atoms with Crippen LogP contribution in [0.15, 0.2) is 24.3 Å². The average molecular weight is 251 g/mol. The van der Waals surface area contributed by atoms with Crippen LogP contribution in [0.5, 0.6) is 0 Å². The maximum atomic E-state index is 10.9. The molecule has 1 aromatic rings. The summed E-state index contributed by atoms with van der Waals surface area (Å²) in [6.07, 6.45) is 3.44. The number of hydrogen-bond acceptors (Lipinski definition) is 4. The molecule has 0 aromatic heterocycles. The van der Waals surface area contributed by atoms with Crippen molar-refractivity contribution in [3.05, 3.63) is 45.5 Å². The predicted molar refractivity (Wildman–Crippen MR) is 70.0 cm³/mol. The van der Waals surface area contributed by atoms with Gasteiger partial charge < -0.3 is 0 Å². The van der Waals surface area contributed by atoms with E-state index in [0.717, 1.165) is 0 Å². The van der Waals surface area contributed by atoms with Gasteiger partial charge >= 0.3 is 0 Å². The number of hydrogen-bond donors (Lipinski definition) is 0. The minimum absolute atomic E-state index is 0.0355. The molecule has 17 heavy (non-hydrogen) atoms. The Morgan fingerprint density at radius 2 is 2.24 bits per heavy atom. The number of rotatable bonds is 4. The summed E-state index contributed by atoms with van der Waals surface area (Å²) >= 11 is 1.17. The zero-order valence-corrected chi connectivity index (χ0v) is 10.5. The normalized spacial score (nSPS) is 10.7. The van der Waals surface area contributed by atoms with Crippen molar-refractivity contribution in [3.63, 3.8) is 0 Å². The topological polar surface area (TPSA) is 60.2 Å². The van der Waals surface area contributed by atoms with Crippen molar-refractivity contribution < 1.29 is 9.72 Å². The number of nitrogens with zero attached hydrogens (tertiary/aromatic N) is 1. The van der Waals surface area contributed by atoms with Gasteiger partial charge in [0.05, 0.1) is 10.5 Å². The number of carbonyl (C=O) groups is 1. The Morgan fingerprint density at radius 1 is 1.53 bits per heavy atom. The Bertz CT molecular complexity index is 469. The molecule has 0 atom stereocenters. The van der Waals surface area contributed by atoms with E-state index >= 15 is 0 Å². The van der Waals surface area contributed by atoms with E-state index < -0.39 is 0 Å². The molecule has 0 spiro atoms. The number of nitro groups is 1. The molecule has 1 aromatic carbocycles. The van der Waals surface area contributed by atoms with Gasteiger partial charge in [-0.3, -0.25) is 14.9 Å². The van der Waals surface area contributed by atoms with Gasteiger partial charge in [-0.1, -0.05) is 36.0 Å². The standard InChI is InChI=1S/C12H13NO3S/c1-9-5-3-6-11(12(9)13(15)16)7-4-8-17-10(2)14/h3-7H,8H2,1-2H3. The maximum Gasteiger partial charge on any atom is 0.279 e. The van der Waals surface area contributed by atoms with Crippen LogP contribution in [0.3, 0.4) is 0 Å². The van der Waals surface area contributed by atoms with E-state index in [1.165, 1.54) is 18.7 Å². The Hall–Kier alpha value is -1.62. The Kier molecular flexibility index (Phi) is 4.90. The smallest absolute Gasteiger partial charge is 0.279 e. The minimum Gasteiger partial charge on any atom is -0.288 e. The third-order valence-corrected chi connectivity index (χ3v) is 2.90. The summed E-state index contributed by atoms with van der Waals surface area (Å²) in [7, 11) is 0. The van der Waals surface area contributed by atoms with Crippen molar-refractivity contribution in [2.24, 2.45) is 0 Å². The van der Waals surface area contributed by atoms with E-state index in [1.807, 2.05) is 0 Å². The molecule has 4 nitrogen and oxygen atoms in total. The van der Waals surface area contributed by atoms with Crippen LogP contribution in [0.4, 0.5) is 5.69 Å². The highest BCUT2D eigenvalue weighted by Gasteiger charge is 2.13. The average Bonchev–Trinajstić information content (AvgIpc) is 2.23. The molecule has 0 fully saturated rings. The van der Waals surface area contributed by atoms with Crippen LogP contribution in [-0.4, -0.2) is 15.8 Å². The van der Waals surface area contributed by atoms with Crippen molar-refractivity contribution in [1.82, 2.24) is 0 Å². The Balaban J connectivity index is 2.87. The lowest BCUT2D eigenvalue weighted by atomic mass is 10.1. The summed E-state index contributed by atoms with van der Waals surface area (Å²) in [6, 6.07) is 5.18. The maximum absolute atomic E-state index is 10.9. The SMILES string of the molecule is CC(=O)SCC=Cc1cccc(C)c1[N+](=O)[O-]. The highest BCUT2D eigenvalue weighted by molar-refractivity contribution is 8.13. The fourth-order valence-corrected chi connectivity index (χ4v) is 1.83. The van der Waals surface area contributed by atoms with Crippen molar-refractivity contribution >= 4 is 28.6 Å². The second-order valence-electron chi connectivity index (χ2n) is 3.47. The van der Waals surface area contributed by atoms with E-state index in [9.17, 15) is 14.9 Å². The molecular weight excluding hydrogens is 238 g/mol. The van der Waals surface area contributed by atoms with Gasteiger partial charge in [0, 0.05) is 18.2 Å². The minimum atomic E-state index is -0.382. The first-order valence-corrected chi connectivity index (χ1v) is 6.05. The first-order valence-electron chi connectivity index (χ1n) is 5.06. The first kappa shape index (κ1) is 13.4. The highest BCUT2D eigenvalue weighted by Crippen LogP contribution is 2.24. The number of benzene rings is 1. The van der Waals surface area contributed by atoms with E-state index in [0.29, 0.717) is 16.9 Å². The van der Waals surface area contributed by atoms with Gasteiger partial charge in [-0.2, -0.15) is 0 Å². The lowest BCUT2D eigenvalue weighted by molar-refractivity contribution is -0.385. The van der Waals surface area contributed by atoms with E-state index in [1.54, 1.807) is 37.3 Å². The van der Waals surface area contributed by atoms with Crippen molar-refractivity contribution in [1.29, 1.82) is 0 Å². The van der Waals surface area contributed by atoms with Gasteiger partial charge in [-0.25, -0.2) is 0 Å². The lowest BCUT2D eigenvalue weighted by Crippen LogP contribution is -1.94. The van der Waals surface area contributed by atoms with Crippen molar-refractivity contribution in [3.8, 4) is 0 Å². The molecule has 5 heteroatoms. The van der Waals surface area contributed by atoms with Gasteiger partial charge in [0.2, 0.25) is 0 Å². The zero-order valence-electron chi connectivity index (χ0n) is 9.67. The first-order chi connectivity index (χ1) is 8.02. The molecule has 0 aliphatic heterocycles. The van der Waals surface area contributed by atoms with Crippen LogP contribution >= 0.6 is 11.8 Å². The fourth-order valence-electron chi connectivity index (χ4n) is 1.41. The lowest BCUT2D eigenvalue weighted by Gasteiger charge is -2.00. The van der Waals surface area contributed by atoms with E-state index in [4.69, 9.17) is 0 Å². The second kappa shape index (κ2) is 6.20. The molecule has 0 amide bonds. The molecule has 0 N–H and O–H groups in total. The monoisotopic (exact) mass is 251 g/mol. The summed E-state index contributed by atoms with van der Waals surface area (Å²) in [5, 5.41) is 10.9. The van der Waals surface area contributed by atoms with Crippen LogP contribution < -0.4 is 0 Å². The van der Waals surface area contributed by atoms with E-state index in [-0.39, 0.29) is 15.7 Å². The summed E-state index contributed by atoms with van der Waals surface area (Å²) < 4.78 is 0. The van der Waals surface area contributed by atoms with Crippen LogP contribution in [0.2, 0.25) is 0 Å². The summed E-state index contributed by atoms with van der Waals surface area (Å²) in [5.74, 6) is 0.528. The van der Waals surface area contributed by atoms with Gasteiger partial charge in [0.25, 0.3) is 5.69 Å². The summed E-state index contributed by atoms with van der Waals surface area (Å²) in [6.45, 7) is 3.20. The van der Waals surface area contributed by atoms with Crippen LogP contribution in [-0.2, 0) is 4.79 Å². The van der Waals surface area contributed by atoms with Crippen LogP contribution in [0, 0.1) is 17.0 Å². The summed E-state index contributed by atoms with van der Waals surface area (Å²) in [4.78, 5) is 21.2. The number of para-hydroxylation sites is 1. The van der Waals surface area contributed by atoms with Crippen LogP contribution in [0.1, 0.15) is 18.1 Å². The summed E-state index contributed by atoms with van der Waals surface area (Å²) in [5.41, 5.74) is 1.33. The molecule has 1 rings (SSSR count). The number of thioether (sulfide) groups is 1. The van der Waals surface area contributed by atoms with Crippen molar-refractivity contribution in [2.45, 2.75) is 13.8 Å². The highest BCUT2D eigenvalue weighted by atomic mass is 32.2. The number of carbonyl (C=O) groups excluding carboxylic acids is 1. The third-order valence-electron chi connectivity index (χ3n) is 2.13. The molecule has 0 saturated carbocycles. The van der Waals surface area contributed by atoms with Gasteiger partial charge in [-0.15, -0.1) is 0 Å². The van der Waals surface area contributed by atoms with Gasteiger partial charge in [-0.05, 0) is 13.0 Å². The number of nitro benzene ring substituents is 1. The quantitative estimate of drug-likeness (QED) is 0.609. The zero-order chi connectivity index (χ0) is 12.8. The van der Waals surface area contributed by atoms with Gasteiger partial charge in [0.1, 0.15) is 0 Å².